The maximum atomic E-state index is 13.1. The van der Waals surface area contributed by atoms with E-state index in [2.05, 4.69) is 48.5 Å². The second-order valence-corrected chi connectivity index (χ2v) is 35.7. The molecular weight excluding hydrogens is 1390 g/mol. The van der Waals surface area contributed by atoms with Gasteiger partial charge in [0.15, 0.2) is 12.2 Å². The van der Waals surface area contributed by atoms with Crippen molar-refractivity contribution in [1.29, 1.82) is 0 Å². The number of rotatable bonds is 86. The first-order valence-corrected chi connectivity index (χ1v) is 48.4. The summed E-state index contributed by atoms with van der Waals surface area (Å²) in [7, 11) is -9.92. The van der Waals surface area contributed by atoms with E-state index in [4.69, 9.17) is 37.0 Å². The van der Waals surface area contributed by atoms with Crippen LogP contribution in [0.25, 0.3) is 0 Å². The van der Waals surface area contributed by atoms with E-state index in [1.807, 2.05) is 0 Å². The molecule has 0 bridgehead atoms. The maximum Gasteiger partial charge on any atom is 0.472 e. The molecule has 3 N–H and O–H groups in total. The molecule has 0 aromatic carbocycles. The third-order valence-electron chi connectivity index (χ3n) is 21.0. The lowest BCUT2D eigenvalue weighted by Crippen LogP contribution is -2.30. The molecule has 0 aliphatic rings. The Morgan fingerprint density at radius 3 is 0.710 bits per heavy atom. The summed E-state index contributed by atoms with van der Waals surface area (Å²) in [6.07, 6.45) is 70.0. The van der Waals surface area contributed by atoms with Crippen molar-refractivity contribution >= 4 is 39.5 Å². The van der Waals surface area contributed by atoms with Crippen LogP contribution in [0, 0.1) is 17.8 Å². The Morgan fingerprint density at radius 2 is 0.477 bits per heavy atom. The zero-order chi connectivity index (χ0) is 78.6. The number of aliphatic hydroxyl groups excluding tert-OH is 1. The first-order chi connectivity index (χ1) is 51.8. The topological polar surface area (TPSA) is 237 Å². The Morgan fingerprint density at radius 1 is 0.271 bits per heavy atom. The zero-order valence-electron chi connectivity index (χ0n) is 70.6. The van der Waals surface area contributed by atoms with Crippen molar-refractivity contribution < 1.29 is 80.2 Å². The highest BCUT2D eigenvalue weighted by Crippen LogP contribution is 2.45. The van der Waals surface area contributed by atoms with Gasteiger partial charge in [0.1, 0.15) is 19.3 Å². The van der Waals surface area contributed by atoms with E-state index in [-0.39, 0.29) is 25.7 Å². The lowest BCUT2D eigenvalue weighted by molar-refractivity contribution is -0.161. The monoisotopic (exact) mass is 1560 g/mol. The highest BCUT2D eigenvalue weighted by atomic mass is 31.2. The Bertz CT molecular complexity index is 2060. The number of carbonyl (C=O) groups is 4. The number of ether oxygens (including phenoxy) is 4. The average Bonchev–Trinajstić information content (AvgIpc) is 0.901. The second kappa shape index (κ2) is 78.0. The molecule has 0 rings (SSSR count). The number of hydrogen-bond donors (Lipinski definition) is 3. The molecule has 19 heteroatoms. The lowest BCUT2D eigenvalue weighted by Gasteiger charge is -2.21. The Balaban J connectivity index is 5.09. The van der Waals surface area contributed by atoms with E-state index < -0.39 is 97.5 Å². The van der Waals surface area contributed by atoms with Crippen molar-refractivity contribution in [3.05, 3.63) is 0 Å². The van der Waals surface area contributed by atoms with Gasteiger partial charge in [0.25, 0.3) is 0 Å². The van der Waals surface area contributed by atoms with E-state index in [1.54, 1.807) is 0 Å². The predicted molar refractivity (Wildman–Crippen MR) is 441 cm³/mol. The van der Waals surface area contributed by atoms with Gasteiger partial charge >= 0.3 is 39.5 Å². The van der Waals surface area contributed by atoms with Crippen molar-refractivity contribution in [1.82, 2.24) is 0 Å². The molecule has 0 saturated heterocycles. The predicted octanol–water partition coefficient (Wildman–Crippen LogP) is 26.9. The van der Waals surface area contributed by atoms with Gasteiger partial charge in [0.2, 0.25) is 0 Å². The van der Waals surface area contributed by atoms with E-state index in [0.717, 1.165) is 114 Å². The number of carbonyl (C=O) groups excluding carboxylic acids is 4. The van der Waals surface area contributed by atoms with Gasteiger partial charge in [-0.05, 0) is 43.4 Å². The van der Waals surface area contributed by atoms with Crippen LogP contribution in [-0.4, -0.2) is 96.7 Å². The molecule has 17 nitrogen and oxygen atoms in total. The van der Waals surface area contributed by atoms with E-state index in [1.165, 1.54) is 270 Å². The van der Waals surface area contributed by atoms with Gasteiger partial charge in [-0.3, -0.25) is 37.3 Å². The van der Waals surface area contributed by atoms with Crippen LogP contribution in [0.2, 0.25) is 0 Å². The molecule has 107 heavy (non-hydrogen) atoms. The molecule has 3 unspecified atom stereocenters. The van der Waals surface area contributed by atoms with Crippen molar-refractivity contribution in [3.63, 3.8) is 0 Å². The Labute approximate surface area is 658 Å². The Kier molecular flexibility index (Phi) is 76.6. The number of phosphoric ester groups is 2. The van der Waals surface area contributed by atoms with Crippen LogP contribution in [0.5, 0.6) is 0 Å². The fourth-order valence-electron chi connectivity index (χ4n) is 13.7. The summed E-state index contributed by atoms with van der Waals surface area (Å²) in [6.45, 7) is 12.0. The van der Waals surface area contributed by atoms with Crippen LogP contribution >= 0.6 is 15.6 Å². The first kappa shape index (κ1) is 105. The summed E-state index contributed by atoms with van der Waals surface area (Å²) >= 11 is 0. The molecule has 0 heterocycles. The highest BCUT2D eigenvalue weighted by molar-refractivity contribution is 7.47. The summed E-state index contributed by atoms with van der Waals surface area (Å²) in [5.41, 5.74) is 0. The smallest absolute Gasteiger partial charge is 0.462 e. The SMILES string of the molecule is CCCCCCCC(=O)OC[C@H](COP(=O)(O)OC[C@H](O)COP(=O)(O)OC[C@@H](COC(=O)CCCCCCCCCCCCCCCCCCCCC(C)C)OC(=O)CCCCCCCCCCCCCCCCCCCCC(C)CC)OC(=O)CCCCCCCCCCCCCCCCCCC(C)C. The first-order valence-electron chi connectivity index (χ1n) is 45.4. The summed E-state index contributed by atoms with van der Waals surface area (Å²) < 4.78 is 68.7. The minimum atomic E-state index is -4.96. The maximum absolute atomic E-state index is 13.1. The molecular formula is C88H172O17P2. The van der Waals surface area contributed by atoms with Crippen molar-refractivity contribution in [2.75, 3.05) is 39.6 Å². The number of hydrogen-bond acceptors (Lipinski definition) is 15. The highest BCUT2D eigenvalue weighted by Gasteiger charge is 2.31. The third-order valence-corrected chi connectivity index (χ3v) is 22.9. The summed E-state index contributed by atoms with van der Waals surface area (Å²) in [5.74, 6) is 0.389. The molecule has 0 aromatic heterocycles. The van der Waals surface area contributed by atoms with Gasteiger partial charge in [-0.25, -0.2) is 9.13 Å². The van der Waals surface area contributed by atoms with Crippen molar-refractivity contribution in [3.8, 4) is 0 Å². The number of aliphatic hydroxyl groups is 1. The van der Waals surface area contributed by atoms with Gasteiger partial charge < -0.3 is 33.8 Å². The fourth-order valence-corrected chi connectivity index (χ4v) is 15.3. The summed E-state index contributed by atoms with van der Waals surface area (Å²) in [5, 5.41) is 10.6. The average molecular weight is 1560 g/mol. The second-order valence-electron chi connectivity index (χ2n) is 32.8. The Hall–Kier alpha value is -1.94. The third kappa shape index (κ3) is 80.5. The number of esters is 4. The van der Waals surface area contributed by atoms with Gasteiger partial charge in [0.05, 0.1) is 26.4 Å². The molecule has 0 amide bonds. The summed E-state index contributed by atoms with van der Waals surface area (Å²) in [4.78, 5) is 73.0. The van der Waals surface area contributed by atoms with Crippen molar-refractivity contribution in [2.45, 2.75) is 484 Å². The fraction of sp³-hybridized carbons (Fsp3) is 0.955. The normalized spacial score (nSPS) is 14.1. The van der Waals surface area contributed by atoms with E-state index in [9.17, 15) is 43.2 Å². The van der Waals surface area contributed by atoms with E-state index >= 15 is 0 Å². The molecule has 0 fully saturated rings. The van der Waals surface area contributed by atoms with Gasteiger partial charge in [-0.2, -0.15) is 0 Å². The molecule has 0 spiro atoms. The molecule has 0 radical (unpaired) electrons. The molecule has 0 aliphatic heterocycles. The summed E-state index contributed by atoms with van der Waals surface area (Å²) in [6, 6.07) is 0. The standard InChI is InChI=1S/C88H172O17P2/c1-8-10-11-52-62-69-85(90)98-75-83(104-87(92)71-64-57-51-45-39-33-27-21-20-23-29-35-41-47-54-60-67-80(5)6)77-102-106(94,95)100-73-82(89)74-101-107(96,97)103-78-84(76-99-86(91)70-63-56-49-43-37-31-25-18-14-12-16-22-28-34-40-46-53-59-66-79(3)4)105-88(93)72-65-58-50-44-38-32-26-19-15-13-17-24-30-36-42-48-55-61-68-81(7)9-2/h79-84,89H,8-78H2,1-7H3,(H,94,95)(H,96,97)/t81?,82-,83+,84+/m0/s1. The molecule has 0 saturated carbocycles. The van der Waals surface area contributed by atoms with Crippen LogP contribution in [0.1, 0.15) is 466 Å². The molecule has 636 valence electrons. The number of phosphoric acid groups is 2. The van der Waals surface area contributed by atoms with Gasteiger partial charge in [-0.15, -0.1) is 0 Å². The van der Waals surface area contributed by atoms with Crippen LogP contribution < -0.4 is 0 Å². The lowest BCUT2D eigenvalue weighted by atomic mass is 9.99. The minimum Gasteiger partial charge on any atom is -0.462 e. The zero-order valence-corrected chi connectivity index (χ0v) is 72.4. The molecule has 0 aliphatic carbocycles. The molecule has 0 aromatic rings. The van der Waals surface area contributed by atoms with Crippen molar-refractivity contribution in [2.24, 2.45) is 17.8 Å². The number of unbranched alkanes of at least 4 members (excludes halogenated alkanes) is 53. The van der Waals surface area contributed by atoms with Crippen LogP contribution in [0.3, 0.4) is 0 Å². The molecule has 6 atom stereocenters. The quantitative estimate of drug-likeness (QED) is 0.0222. The van der Waals surface area contributed by atoms with Crippen LogP contribution in [0.4, 0.5) is 0 Å². The minimum absolute atomic E-state index is 0.107. The van der Waals surface area contributed by atoms with Gasteiger partial charge in [-0.1, -0.05) is 414 Å². The largest absolute Gasteiger partial charge is 0.472 e. The van der Waals surface area contributed by atoms with E-state index in [0.29, 0.717) is 25.7 Å². The van der Waals surface area contributed by atoms with Gasteiger partial charge in [0, 0.05) is 25.7 Å². The van der Waals surface area contributed by atoms with Crippen LogP contribution in [-0.2, 0) is 65.4 Å². The van der Waals surface area contributed by atoms with Crippen LogP contribution in [0.15, 0.2) is 0 Å².